The Morgan fingerprint density at radius 2 is 0.943 bits per heavy atom. The third-order valence-electron chi connectivity index (χ3n) is 5.62. The second kappa shape index (κ2) is 17.4. The average Bonchev–Trinajstić information content (AvgIpc) is 2.81. The molecule has 0 saturated carbocycles. The number of ether oxygens (including phenoxy) is 2. The number of rotatable bonds is 14. The normalized spacial score (nSPS) is 11.0. The fourth-order valence-electron chi connectivity index (χ4n) is 3.46. The summed E-state index contributed by atoms with van der Waals surface area (Å²) in [6.45, 7) is 15.7. The van der Waals surface area contributed by atoms with Crippen molar-refractivity contribution in [3.8, 4) is 11.5 Å². The molecule has 0 unspecified atom stereocenters. The van der Waals surface area contributed by atoms with E-state index in [0.29, 0.717) is 24.3 Å². The number of likely N-dealkylation sites (N-methyl/N-ethyl adjacent to an activating group) is 2. The summed E-state index contributed by atoms with van der Waals surface area (Å²) in [6, 6.07) is 7.69. The maximum absolute atomic E-state index is 13.3. The van der Waals surface area contributed by atoms with E-state index in [1.807, 2.05) is 24.3 Å². The van der Waals surface area contributed by atoms with E-state index in [4.69, 9.17) is 9.47 Å². The second-order valence-corrected chi connectivity index (χ2v) is 12.3. The second-order valence-electron chi connectivity index (χ2n) is 7.62. The number of benzene rings is 2. The SMILES string of the molecule is CCN(CC)CCOc1c(I)cc(C(=O)c2cc(I)c(OCCN(CC)CC)c(I)c2)cc1I.Cl. The van der Waals surface area contributed by atoms with Crippen molar-refractivity contribution in [3.05, 3.63) is 49.7 Å². The molecule has 0 radical (unpaired) electrons. The molecule has 196 valence electrons. The van der Waals surface area contributed by atoms with E-state index in [1.54, 1.807) is 0 Å². The van der Waals surface area contributed by atoms with Crippen LogP contribution in [-0.4, -0.2) is 68.1 Å². The van der Waals surface area contributed by atoms with Crippen LogP contribution in [-0.2, 0) is 0 Å². The van der Waals surface area contributed by atoms with E-state index >= 15 is 0 Å². The lowest BCUT2D eigenvalue weighted by molar-refractivity contribution is 0.103. The first-order valence-corrected chi connectivity index (χ1v) is 15.8. The Morgan fingerprint density at radius 3 is 1.20 bits per heavy atom. The lowest BCUT2D eigenvalue weighted by atomic mass is 10.0. The van der Waals surface area contributed by atoms with Crippen molar-refractivity contribution in [2.24, 2.45) is 0 Å². The molecule has 5 nitrogen and oxygen atoms in total. The molecule has 2 aromatic rings. The highest BCUT2D eigenvalue weighted by Crippen LogP contribution is 2.32. The molecule has 0 heterocycles. The molecule has 0 N–H and O–H groups in total. The first-order valence-electron chi connectivity index (χ1n) is 11.5. The monoisotopic (exact) mass is 952 g/mol. The maximum Gasteiger partial charge on any atom is 0.193 e. The van der Waals surface area contributed by atoms with Crippen molar-refractivity contribution >= 4 is 109 Å². The highest BCUT2D eigenvalue weighted by atomic mass is 127. The third kappa shape index (κ3) is 10.2. The zero-order chi connectivity index (χ0) is 25.3. The molecule has 0 aromatic heterocycles. The first kappa shape index (κ1) is 33.9. The van der Waals surface area contributed by atoms with Crippen molar-refractivity contribution in [2.45, 2.75) is 27.7 Å². The summed E-state index contributed by atoms with van der Waals surface area (Å²) in [6.07, 6.45) is 0. The Morgan fingerprint density at radius 1 is 0.657 bits per heavy atom. The van der Waals surface area contributed by atoms with Gasteiger partial charge in [0.05, 0.1) is 14.3 Å². The van der Waals surface area contributed by atoms with E-state index in [-0.39, 0.29) is 18.2 Å². The number of nitrogens with zero attached hydrogens (tertiary/aromatic N) is 2. The summed E-state index contributed by atoms with van der Waals surface area (Å²) in [5, 5.41) is 0. The van der Waals surface area contributed by atoms with Gasteiger partial charge in [-0.1, -0.05) is 27.7 Å². The highest BCUT2D eigenvalue weighted by Gasteiger charge is 2.18. The van der Waals surface area contributed by atoms with Crippen LogP contribution in [0.25, 0.3) is 0 Å². The van der Waals surface area contributed by atoms with Gasteiger partial charge in [-0.3, -0.25) is 4.79 Å². The summed E-state index contributed by atoms with van der Waals surface area (Å²) < 4.78 is 16.0. The smallest absolute Gasteiger partial charge is 0.193 e. The minimum atomic E-state index is 0. The van der Waals surface area contributed by atoms with Gasteiger partial charge in [0.1, 0.15) is 24.7 Å². The Bertz CT molecular complexity index is 848. The van der Waals surface area contributed by atoms with Gasteiger partial charge < -0.3 is 19.3 Å². The van der Waals surface area contributed by atoms with Gasteiger partial charge >= 0.3 is 0 Å². The van der Waals surface area contributed by atoms with Crippen LogP contribution in [0, 0.1) is 14.3 Å². The molecule has 0 aliphatic carbocycles. The molecular formula is C25H33ClI4N2O3. The molecule has 2 aromatic carbocycles. The van der Waals surface area contributed by atoms with Crippen LogP contribution in [0.2, 0.25) is 0 Å². The number of halogens is 5. The van der Waals surface area contributed by atoms with Gasteiger partial charge in [-0.05, 0) is 141 Å². The lowest BCUT2D eigenvalue weighted by Gasteiger charge is -2.19. The zero-order valence-electron chi connectivity index (χ0n) is 20.5. The lowest BCUT2D eigenvalue weighted by Crippen LogP contribution is -2.28. The van der Waals surface area contributed by atoms with Gasteiger partial charge in [-0.2, -0.15) is 0 Å². The van der Waals surface area contributed by atoms with Gasteiger partial charge in [0.2, 0.25) is 0 Å². The molecule has 35 heavy (non-hydrogen) atoms. The molecule has 0 bridgehead atoms. The molecular weight excluding hydrogens is 919 g/mol. The molecule has 0 spiro atoms. The summed E-state index contributed by atoms with van der Waals surface area (Å²) in [5.41, 5.74) is 1.35. The minimum Gasteiger partial charge on any atom is -0.490 e. The quantitative estimate of drug-likeness (QED) is 0.148. The molecule has 0 aliphatic heterocycles. The summed E-state index contributed by atoms with van der Waals surface area (Å²) >= 11 is 9.05. The van der Waals surface area contributed by atoms with E-state index in [1.165, 1.54) is 0 Å². The van der Waals surface area contributed by atoms with E-state index in [9.17, 15) is 4.79 Å². The van der Waals surface area contributed by atoms with Crippen LogP contribution >= 0.6 is 103 Å². The van der Waals surface area contributed by atoms with Crippen LogP contribution in [0.5, 0.6) is 11.5 Å². The van der Waals surface area contributed by atoms with E-state index in [2.05, 4.69) is 128 Å². The Kier molecular flexibility index (Phi) is 16.9. The van der Waals surface area contributed by atoms with E-state index < -0.39 is 0 Å². The standard InChI is InChI=1S/C25H32I4N2O3.ClH/c1-5-30(6-2)9-11-33-24-19(26)13-17(14-20(24)27)23(32)18-15-21(28)25(22(29)16-18)34-12-10-31(7-3)8-4;/h13-16H,5-12H2,1-4H3;1H. The van der Waals surface area contributed by atoms with Gasteiger partial charge in [-0.25, -0.2) is 0 Å². The van der Waals surface area contributed by atoms with Crippen LogP contribution < -0.4 is 9.47 Å². The Labute approximate surface area is 270 Å². The van der Waals surface area contributed by atoms with Crippen molar-refractivity contribution in [3.63, 3.8) is 0 Å². The van der Waals surface area contributed by atoms with Crippen LogP contribution in [0.15, 0.2) is 24.3 Å². The molecule has 0 atom stereocenters. The minimum absolute atomic E-state index is 0. The van der Waals surface area contributed by atoms with Gasteiger partial charge in [0, 0.05) is 24.2 Å². The zero-order valence-corrected chi connectivity index (χ0v) is 30.0. The molecule has 0 amide bonds. The maximum atomic E-state index is 13.3. The third-order valence-corrected chi connectivity index (χ3v) is 8.82. The van der Waals surface area contributed by atoms with Gasteiger partial charge in [0.15, 0.2) is 5.78 Å². The predicted octanol–water partition coefficient (Wildman–Crippen LogP) is 7.20. The van der Waals surface area contributed by atoms with Crippen LogP contribution in [0.1, 0.15) is 43.6 Å². The predicted molar refractivity (Wildman–Crippen MR) is 181 cm³/mol. The molecule has 0 saturated heterocycles. The van der Waals surface area contributed by atoms with Crippen LogP contribution in [0.3, 0.4) is 0 Å². The summed E-state index contributed by atoms with van der Waals surface area (Å²) in [7, 11) is 0. The van der Waals surface area contributed by atoms with Crippen LogP contribution in [0.4, 0.5) is 0 Å². The Balaban J connectivity index is 0.00000612. The molecule has 0 fully saturated rings. The van der Waals surface area contributed by atoms with Gasteiger partial charge in [0.25, 0.3) is 0 Å². The number of hydrogen-bond donors (Lipinski definition) is 0. The molecule has 0 aliphatic rings. The van der Waals surface area contributed by atoms with Crippen molar-refractivity contribution < 1.29 is 14.3 Å². The topological polar surface area (TPSA) is 42.0 Å². The number of hydrogen-bond acceptors (Lipinski definition) is 5. The fraction of sp³-hybridized carbons (Fsp3) is 0.480. The largest absolute Gasteiger partial charge is 0.490 e. The number of carbonyl (C=O) groups is 1. The van der Waals surface area contributed by atoms with Gasteiger partial charge in [-0.15, -0.1) is 12.4 Å². The van der Waals surface area contributed by atoms with Crippen molar-refractivity contribution in [1.29, 1.82) is 0 Å². The average molecular weight is 953 g/mol. The summed E-state index contributed by atoms with van der Waals surface area (Å²) in [5.74, 6) is 1.72. The van der Waals surface area contributed by atoms with E-state index in [0.717, 1.165) is 65.0 Å². The summed E-state index contributed by atoms with van der Waals surface area (Å²) in [4.78, 5) is 18.0. The number of ketones is 1. The Hall–Kier alpha value is 0.840. The fourth-order valence-corrected chi connectivity index (χ4v) is 7.62. The van der Waals surface area contributed by atoms with Crippen molar-refractivity contribution in [1.82, 2.24) is 9.80 Å². The molecule has 2 rings (SSSR count). The van der Waals surface area contributed by atoms with Crippen molar-refractivity contribution in [2.75, 3.05) is 52.5 Å². The number of carbonyl (C=O) groups excluding carboxylic acids is 1. The molecule has 10 heteroatoms. The first-order chi connectivity index (χ1) is 16.2. The highest BCUT2D eigenvalue weighted by molar-refractivity contribution is 14.1.